The van der Waals surface area contributed by atoms with Crippen molar-refractivity contribution < 1.29 is 9.13 Å². The smallest absolute Gasteiger partial charge is 0.168 e. The Morgan fingerprint density at radius 1 is 1.35 bits per heavy atom. The van der Waals surface area contributed by atoms with Crippen molar-refractivity contribution >= 4 is 17.3 Å². The SMILES string of the molecule is Fc1cccc([C@H]2NC(=S)N[C@@H]3OCC[C@@H]32)c1. The van der Waals surface area contributed by atoms with Crippen molar-refractivity contribution in [2.45, 2.75) is 18.7 Å². The number of thiocarbonyl (C=S) groups is 1. The van der Waals surface area contributed by atoms with Crippen LogP contribution in [0.1, 0.15) is 18.0 Å². The molecule has 3 nitrogen and oxygen atoms in total. The first kappa shape index (κ1) is 10.9. The first-order chi connectivity index (χ1) is 8.24. The molecule has 90 valence electrons. The topological polar surface area (TPSA) is 33.3 Å². The summed E-state index contributed by atoms with van der Waals surface area (Å²) in [6, 6.07) is 6.69. The lowest BCUT2D eigenvalue weighted by atomic mass is 9.89. The molecule has 0 unspecified atom stereocenters. The van der Waals surface area contributed by atoms with Crippen LogP contribution >= 0.6 is 12.2 Å². The van der Waals surface area contributed by atoms with Gasteiger partial charge in [-0.3, -0.25) is 0 Å². The van der Waals surface area contributed by atoms with Crippen molar-refractivity contribution in [3.63, 3.8) is 0 Å². The normalized spacial score (nSPS) is 31.6. The quantitative estimate of drug-likeness (QED) is 0.745. The van der Waals surface area contributed by atoms with Gasteiger partial charge in [0, 0.05) is 12.5 Å². The number of ether oxygens (including phenoxy) is 1. The maximum atomic E-state index is 13.3. The second-order valence-electron chi connectivity index (χ2n) is 4.39. The minimum Gasteiger partial charge on any atom is -0.358 e. The van der Waals surface area contributed by atoms with Crippen LogP contribution in [0.5, 0.6) is 0 Å². The molecule has 17 heavy (non-hydrogen) atoms. The lowest BCUT2D eigenvalue weighted by Crippen LogP contribution is -2.54. The molecule has 1 aromatic carbocycles. The summed E-state index contributed by atoms with van der Waals surface area (Å²) >= 11 is 5.14. The highest BCUT2D eigenvalue weighted by Crippen LogP contribution is 2.34. The molecule has 3 atom stereocenters. The average Bonchev–Trinajstić information content (AvgIpc) is 2.75. The molecule has 0 saturated carbocycles. The Balaban J connectivity index is 1.92. The molecule has 2 saturated heterocycles. The standard InChI is InChI=1S/C12H13FN2OS/c13-8-3-1-2-7(6-8)10-9-4-5-16-11(9)15-12(17)14-10/h1-3,6,9-11H,4-5H2,(H2,14,15,17)/t9-,10-,11-/m1/s1. The zero-order chi connectivity index (χ0) is 11.8. The number of fused-ring (bicyclic) bond motifs is 1. The molecule has 2 heterocycles. The summed E-state index contributed by atoms with van der Waals surface area (Å²) in [6.07, 6.45) is 0.908. The van der Waals surface area contributed by atoms with Gasteiger partial charge in [-0.25, -0.2) is 4.39 Å². The number of halogens is 1. The summed E-state index contributed by atoms with van der Waals surface area (Å²) < 4.78 is 18.8. The van der Waals surface area contributed by atoms with Gasteiger partial charge < -0.3 is 15.4 Å². The number of benzene rings is 1. The minimum absolute atomic E-state index is 0.0342. The number of nitrogens with one attached hydrogen (secondary N) is 2. The molecule has 2 N–H and O–H groups in total. The fourth-order valence-corrected chi connectivity index (χ4v) is 2.79. The Bertz CT molecular complexity index is 454. The van der Waals surface area contributed by atoms with Gasteiger partial charge >= 0.3 is 0 Å². The van der Waals surface area contributed by atoms with Gasteiger partial charge in [-0.1, -0.05) is 12.1 Å². The zero-order valence-electron chi connectivity index (χ0n) is 9.15. The van der Waals surface area contributed by atoms with Gasteiger partial charge in [0.2, 0.25) is 0 Å². The Morgan fingerprint density at radius 3 is 3.06 bits per heavy atom. The fraction of sp³-hybridized carbons (Fsp3) is 0.417. The molecule has 0 spiro atoms. The lowest BCUT2D eigenvalue weighted by Gasteiger charge is -2.36. The van der Waals surface area contributed by atoms with E-state index in [9.17, 15) is 4.39 Å². The highest BCUT2D eigenvalue weighted by Gasteiger charge is 2.39. The predicted octanol–water partition coefficient (Wildman–Crippen LogP) is 1.71. The van der Waals surface area contributed by atoms with Gasteiger partial charge in [0.25, 0.3) is 0 Å². The van der Waals surface area contributed by atoms with E-state index in [0.29, 0.717) is 11.0 Å². The van der Waals surface area contributed by atoms with Crippen molar-refractivity contribution in [3.8, 4) is 0 Å². The third kappa shape index (κ3) is 2.00. The summed E-state index contributed by atoms with van der Waals surface area (Å²) in [5.41, 5.74) is 0.925. The molecular formula is C12H13FN2OS. The molecule has 0 radical (unpaired) electrons. The first-order valence-electron chi connectivity index (χ1n) is 5.68. The predicted molar refractivity (Wildman–Crippen MR) is 65.9 cm³/mol. The molecular weight excluding hydrogens is 239 g/mol. The third-order valence-corrected chi connectivity index (χ3v) is 3.57. The Morgan fingerprint density at radius 2 is 2.24 bits per heavy atom. The molecule has 2 aliphatic rings. The summed E-state index contributed by atoms with van der Waals surface area (Å²) in [6.45, 7) is 0.721. The molecule has 2 aliphatic heterocycles. The number of rotatable bonds is 1. The maximum absolute atomic E-state index is 13.3. The van der Waals surface area contributed by atoms with E-state index in [0.717, 1.165) is 18.6 Å². The van der Waals surface area contributed by atoms with Crippen molar-refractivity contribution in [2.75, 3.05) is 6.61 Å². The molecule has 0 bridgehead atoms. The minimum atomic E-state index is -0.218. The monoisotopic (exact) mass is 252 g/mol. The van der Waals surface area contributed by atoms with Gasteiger partial charge in [0.05, 0.1) is 6.04 Å². The van der Waals surface area contributed by atoms with Crippen LogP contribution in [0, 0.1) is 11.7 Å². The first-order valence-corrected chi connectivity index (χ1v) is 6.09. The van der Waals surface area contributed by atoms with Crippen LogP contribution in [-0.4, -0.2) is 17.9 Å². The van der Waals surface area contributed by atoms with Gasteiger partial charge in [-0.15, -0.1) is 0 Å². The van der Waals surface area contributed by atoms with Crippen LogP contribution in [0.3, 0.4) is 0 Å². The Kier molecular flexibility index (Phi) is 2.72. The zero-order valence-corrected chi connectivity index (χ0v) is 9.97. The van der Waals surface area contributed by atoms with E-state index >= 15 is 0 Å². The van der Waals surface area contributed by atoms with Gasteiger partial charge in [0.15, 0.2) is 5.11 Å². The molecule has 5 heteroatoms. The van der Waals surface area contributed by atoms with Crippen molar-refractivity contribution in [2.24, 2.45) is 5.92 Å². The lowest BCUT2D eigenvalue weighted by molar-refractivity contribution is 0.0619. The van der Waals surface area contributed by atoms with Crippen LogP contribution < -0.4 is 10.6 Å². The van der Waals surface area contributed by atoms with Crippen molar-refractivity contribution in [1.29, 1.82) is 0 Å². The van der Waals surface area contributed by atoms with Crippen LogP contribution in [0.2, 0.25) is 0 Å². The van der Waals surface area contributed by atoms with Crippen LogP contribution in [0.15, 0.2) is 24.3 Å². The van der Waals surface area contributed by atoms with Gasteiger partial charge in [0.1, 0.15) is 12.0 Å². The van der Waals surface area contributed by atoms with E-state index in [1.165, 1.54) is 6.07 Å². The molecule has 0 aromatic heterocycles. The molecule has 2 fully saturated rings. The number of hydrogen-bond acceptors (Lipinski definition) is 2. The summed E-state index contributed by atoms with van der Waals surface area (Å²) in [5.74, 6) is 0.0766. The molecule has 0 amide bonds. The Labute approximate surface area is 104 Å². The van der Waals surface area contributed by atoms with Crippen molar-refractivity contribution in [3.05, 3.63) is 35.6 Å². The maximum Gasteiger partial charge on any atom is 0.168 e. The second kappa shape index (κ2) is 4.23. The van der Waals surface area contributed by atoms with Crippen LogP contribution in [-0.2, 0) is 4.74 Å². The summed E-state index contributed by atoms with van der Waals surface area (Å²) in [4.78, 5) is 0. The second-order valence-corrected chi connectivity index (χ2v) is 4.80. The fourth-order valence-electron chi connectivity index (χ4n) is 2.55. The molecule has 0 aliphatic carbocycles. The summed E-state index contributed by atoms with van der Waals surface area (Å²) in [5, 5.41) is 6.87. The highest BCUT2D eigenvalue weighted by atomic mass is 32.1. The van der Waals surface area contributed by atoms with E-state index in [1.54, 1.807) is 12.1 Å². The largest absolute Gasteiger partial charge is 0.358 e. The van der Waals surface area contributed by atoms with Gasteiger partial charge in [-0.2, -0.15) is 0 Å². The van der Waals surface area contributed by atoms with Crippen LogP contribution in [0.25, 0.3) is 0 Å². The van der Waals surface area contributed by atoms with E-state index in [1.807, 2.05) is 6.07 Å². The van der Waals surface area contributed by atoms with Crippen LogP contribution in [0.4, 0.5) is 4.39 Å². The van der Waals surface area contributed by atoms with E-state index in [4.69, 9.17) is 17.0 Å². The molecule has 1 aromatic rings. The highest BCUT2D eigenvalue weighted by molar-refractivity contribution is 7.80. The Hall–Kier alpha value is -1.20. The van der Waals surface area contributed by atoms with Crippen molar-refractivity contribution in [1.82, 2.24) is 10.6 Å². The van der Waals surface area contributed by atoms with E-state index in [2.05, 4.69) is 10.6 Å². The average molecular weight is 252 g/mol. The summed E-state index contributed by atoms with van der Waals surface area (Å²) in [7, 11) is 0. The van der Waals surface area contributed by atoms with E-state index in [-0.39, 0.29) is 18.1 Å². The number of hydrogen-bond donors (Lipinski definition) is 2. The van der Waals surface area contributed by atoms with E-state index < -0.39 is 0 Å². The van der Waals surface area contributed by atoms with Gasteiger partial charge in [-0.05, 0) is 36.3 Å². The molecule has 3 rings (SSSR count). The third-order valence-electron chi connectivity index (χ3n) is 3.33.